The Labute approximate surface area is 183 Å². The summed E-state index contributed by atoms with van der Waals surface area (Å²) in [5, 5.41) is 13.5. The van der Waals surface area contributed by atoms with E-state index < -0.39 is 0 Å². The first-order valence-corrected chi connectivity index (χ1v) is 10.4. The van der Waals surface area contributed by atoms with Crippen LogP contribution in [0.4, 0.5) is 28.8 Å². The second-order valence-electron chi connectivity index (χ2n) is 7.14. The number of nitrogens with zero attached hydrogens (tertiary/aromatic N) is 4. The lowest BCUT2D eigenvalue weighted by atomic mass is 10.2. The molecular formula is C23H29N7O. The fourth-order valence-corrected chi connectivity index (χ4v) is 3.29. The summed E-state index contributed by atoms with van der Waals surface area (Å²) in [6.45, 7) is 18.6. The third-order valence-electron chi connectivity index (χ3n) is 4.89. The molecule has 0 aliphatic carbocycles. The van der Waals surface area contributed by atoms with Gasteiger partial charge in [-0.25, -0.2) is 9.83 Å². The maximum atomic E-state index is 7.49. The Hall–Kier alpha value is -3.73. The van der Waals surface area contributed by atoms with Crippen molar-refractivity contribution in [3.05, 3.63) is 59.1 Å². The van der Waals surface area contributed by atoms with E-state index >= 15 is 0 Å². The summed E-state index contributed by atoms with van der Waals surface area (Å²) in [4.78, 5) is 10.5. The molecule has 162 valence electrons. The van der Waals surface area contributed by atoms with Gasteiger partial charge in [0.15, 0.2) is 5.82 Å². The quantitative estimate of drug-likeness (QED) is 0.315. The molecule has 0 aliphatic rings. The molecule has 0 unspecified atom stereocenters. The average Bonchev–Trinajstić information content (AvgIpc) is 3.17. The molecule has 2 heterocycles. The number of nitrogens with one attached hydrogen (secondary N) is 3. The number of hydrogen-bond acceptors (Lipinski definition) is 6. The number of hydrogen-bond donors (Lipinski definition) is 3. The number of aryl methyl sites for hydroxylation is 2. The van der Waals surface area contributed by atoms with Crippen molar-refractivity contribution in [3.63, 3.8) is 0 Å². The molecule has 0 amide bonds. The third kappa shape index (κ3) is 5.66. The molecule has 0 saturated carbocycles. The highest BCUT2D eigenvalue weighted by molar-refractivity contribution is 5.73. The maximum absolute atomic E-state index is 7.49. The summed E-state index contributed by atoms with van der Waals surface area (Å²) in [5.41, 5.74) is 3.49. The Morgan fingerprint density at radius 1 is 1.10 bits per heavy atom. The molecule has 8 nitrogen and oxygen atoms in total. The van der Waals surface area contributed by atoms with Crippen molar-refractivity contribution in [2.45, 2.75) is 27.7 Å². The van der Waals surface area contributed by atoms with E-state index in [4.69, 9.17) is 11.3 Å². The zero-order valence-corrected chi connectivity index (χ0v) is 18.5. The van der Waals surface area contributed by atoms with Crippen molar-refractivity contribution in [1.29, 1.82) is 0 Å². The van der Waals surface area contributed by atoms with E-state index in [1.165, 1.54) is 5.69 Å². The number of benzene rings is 1. The number of H-pyrrole nitrogens is 1. The van der Waals surface area contributed by atoms with Crippen molar-refractivity contribution in [3.8, 4) is 5.75 Å². The van der Waals surface area contributed by atoms with E-state index in [0.29, 0.717) is 36.3 Å². The van der Waals surface area contributed by atoms with Crippen LogP contribution in [0, 0.1) is 20.4 Å². The first-order chi connectivity index (χ1) is 15.0. The number of aromatic amines is 1. The van der Waals surface area contributed by atoms with Crippen LogP contribution in [-0.4, -0.2) is 41.4 Å². The van der Waals surface area contributed by atoms with Crippen molar-refractivity contribution < 1.29 is 4.74 Å². The Bertz CT molecular complexity index is 1030. The van der Waals surface area contributed by atoms with Crippen molar-refractivity contribution >= 4 is 28.8 Å². The zero-order valence-electron chi connectivity index (χ0n) is 18.5. The molecule has 31 heavy (non-hydrogen) atoms. The molecular weight excluding hydrogens is 390 g/mol. The van der Waals surface area contributed by atoms with Gasteiger partial charge in [-0.3, -0.25) is 5.10 Å². The van der Waals surface area contributed by atoms with Gasteiger partial charge in [-0.15, -0.1) is 0 Å². The van der Waals surface area contributed by atoms with Gasteiger partial charge in [-0.05, 0) is 63.6 Å². The first kappa shape index (κ1) is 22.0. The van der Waals surface area contributed by atoms with Gasteiger partial charge < -0.3 is 20.3 Å². The SMILES string of the molecule is [C-]#[N+]c1c(C)cc(Nc2cc(C)[nH]n2)nc1NCCOc1ccc(N(CC)CC)cc1. The van der Waals surface area contributed by atoms with Crippen LogP contribution in [-0.2, 0) is 0 Å². The van der Waals surface area contributed by atoms with Gasteiger partial charge in [0.2, 0.25) is 5.69 Å². The molecule has 0 aliphatic heterocycles. The minimum Gasteiger partial charge on any atom is -0.492 e. The van der Waals surface area contributed by atoms with Gasteiger partial charge in [0.1, 0.15) is 24.0 Å². The Morgan fingerprint density at radius 3 is 2.45 bits per heavy atom. The summed E-state index contributed by atoms with van der Waals surface area (Å²) in [5.74, 6) is 2.66. The molecule has 0 radical (unpaired) electrons. The predicted octanol–water partition coefficient (Wildman–Crippen LogP) is 5.05. The second-order valence-corrected chi connectivity index (χ2v) is 7.14. The van der Waals surface area contributed by atoms with E-state index in [-0.39, 0.29) is 0 Å². The molecule has 3 N–H and O–H groups in total. The van der Waals surface area contributed by atoms with Crippen LogP contribution in [0.2, 0.25) is 0 Å². The first-order valence-electron chi connectivity index (χ1n) is 10.4. The van der Waals surface area contributed by atoms with E-state index in [1.807, 2.05) is 38.1 Å². The number of aromatic nitrogens is 3. The fourth-order valence-electron chi connectivity index (χ4n) is 3.29. The summed E-state index contributed by atoms with van der Waals surface area (Å²) >= 11 is 0. The highest BCUT2D eigenvalue weighted by Crippen LogP contribution is 2.30. The monoisotopic (exact) mass is 419 g/mol. The lowest BCUT2D eigenvalue weighted by molar-refractivity contribution is 0.333. The normalized spacial score (nSPS) is 10.4. The van der Waals surface area contributed by atoms with Gasteiger partial charge >= 0.3 is 0 Å². The minimum atomic E-state index is 0.457. The average molecular weight is 420 g/mol. The van der Waals surface area contributed by atoms with Crippen LogP contribution in [0.25, 0.3) is 4.85 Å². The van der Waals surface area contributed by atoms with Gasteiger partial charge in [-0.2, -0.15) is 5.10 Å². The van der Waals surface area contributed by atoms with Crippen LogP contribution in [0.15, 0.2) is 36.4 Å². The van der Waals surface area contributed by atoms with Gasteiger partial charge in [0, 0.05) is 37.1 Å². The topological polar surface area (TPSA) is 82.5 Å². The Balaban J connectivity index is 1.59. The van der Waals surface area contributed by atoms with E-state index in [9.17, 15) is 0 Å². The van der Waals surface area contributed by atoms with Crippen molar-refractivity contribution in [1.82, 2.24) is 15.2 Å². The number of pyridine rings is 1. The molecule has 0 bridgehead atoms. The van der Waals surface area contributed by atoms with Gasteiger partial charge in [0.05, 0.1) is 6.57 Å². The lowest BCUT2D eigenvalue weighted by Crippen LogP contribution is -2.21. The maximum Gasteiger partial charge on any atom is 0.231 e. The van der Waals surface area contributed by atoms with Crippen LogP contribution in [0.1, 0.15) is 25.1 Å². The van der Waals surface area contributed by atoms with Gasteiger partial charge in [0.25, 0.3) is 0 Å². The smallest absolute Gasteiger partial charge is 0.231 e. The van der Waals surface area contributed by atoms with E-state index in [2.05, 4.69) is 61.5 Å². The zero-order chi connectivity index (χ0) is 22.2. The lowest BCUT2D eigenvalue weighted by Gasteiger charge is -2.21. The van der Waals surface area contributed by atoms with Crippen LogP contribution in [0.5, 0.6) is 5.75 Å². The van der Waals surface area contributed by atoms with Crippen LogP contribution in [0.3, 0.4) is 0 Å². The largest absolute Gasteiger partial charge is 0.492 e. The van der Waals surface area contributed by atoms with E-state index in [0.717, 1.165) is 30.1 Å². The summed E-state index contributed by atoms with van der Waals surface area (Å²) in [6.07, 6.45) is 0. The highest BCUT2D eigenvalue weighted by atomic mass is 16.5. The predicted molar refractivity (Wildman–Crippen MR) is 126 cm³/mol. The molecule has 3 rings (SSSR count). The summed E-state index contributed by atoms with van der Waals surface area (Å²) in [6, 6.07) is 11.9. The van der Waals surface area contributed by atoms with Crippen LogP contribution < -0.4 is 20.3 Å². The van der Waals surface area contributed by atoms with Crippen molar-refractivity contribution in [2.75, 3.05) is 41.8 Å². The number of ether oxygens (including phenoxy) is 1. The number of anilines is 4. The fraction of sp³-hybridized carbons (Fsp3) is 0.348. The van der Waals surface area contributed by atoms with Crippen molar-refractivity contribution in [2.24, 2.45) is 0 Å². The molecule has 2 aromatic heterocycles. The molecule has 3 aromatic rings. The molecule has 0 saturated heterocycles. The second kappa shape index (κ2) is 10.3. The third-order valence-corrected chi connectivity index (χ3v) is 4.89. The standard InChI is InChI=1S/C23H29N7O/c1-6-30(7-2)18-8-10-19(11-9-18)31-13-12-25-23-22(24-5)16(3)14-20(27-23)26-21-15-17(4)28-29-21/h8-11,14-15H,6-7,12-13H2,1-4H3,(H3,25,26,27,28,29). The molecule has 8 heteroatoms. The molecule has 1 aromatic carbocycles. The Kier molecular flexibility index (Phi) is 7.33. The summed E-state index contributed by atoms with van der Waals surface area (Å²) in [7, 11) is 0. The highest BCUT2D eigenvalue weighted by Gasteiger charge is 2.11. The van der Waals surface area contributed by atoms with Gasteiger partial charge in [-0.1, -0.05) is 0 Å². The molecule has 0 spiro atoms. The Morgan fingerprint density at radius 2 is 1.84 bits per heavy atom. The number of rotatable bonds is 10. The van der Waals surface area contributed by atoms with Crippen LogP contribution >= 0.6 is 0 Å². The molecule has 0 atom stereocenters. The minimum absolute atomic E-state index is 0.457. The molecule has 0 fully saturated rings. The van der Waals surface area contributed by atoms with E-state index in [1.54, 1.807) is 0 Å². The summed E-state index contributed by atoms with van der Waals surface area (Å²) < 4.78 is 5.85.